The average molecular weight is 302 g/mol. The first kappa shape index (κ1) is 13.6. The van der Waals surface area contributed by atoms with Crippen molar-refractivity contribution in [2.45, 2.75) is 6.42 Å². The highest BCUT2D eigenvalue weighted by molar-refractivity contribution is 7.13. The predicted molar refractivity (Wildman–Crippen MR) is 80.0 cm³/mol. The van der Waals surface area contributed by atoms with E-state index >= 15 is 0 Å². The quantitative estimate of drug-likeness (QED) is 0.723. The van der Waals surface area contributed by atoms with E-state index in [1.54, 1.807) is 25.6 Å². The van der Waals surface area contributed by atoms with Crippen LogP contribution in [-0.2, 0) is 6.42 Å². The third-order valence-corrected chi connectivity index (χ3v) is 3.87. The van der Waals surface area contributed by atoms with E-state index in [1.165, 1.54) is 0 Å². The molecule has 0 radical (unpaired) electrons. The number of hydrogen-bond acceptors (Lipinski definition) is 6. The second-order valence-corrected chi connectivity index (χ2v) is 5.31. The van der Waals surface area contributed by atoms with E-state index in [2.05, 4.69) is 10.1 Å². The van der Waals surface area contributed by atoms with Gasteiger partial charge in [0.25, 0.3) is 5.89 Å². The number of methoxy groups -OCH3 is 2. The van der Waals surface area contributed by atoms with E-state index in [4.69, 9.17) is 14.0 Å². The first-order valence-electron chi connectivity index (χ1n) is 6.37. The number of thiophene rings is 1. The van der Waals surface area contributed by atoms with Crippen molar-refractivity contribution in [2.75, 3.05) is 14.2 Å². The molecule has 0 aliphatic rings. The van der Waals surface area contributed by atoms with Gasteiger partial charge in [-0.1, -0.05) is 17.3 Å². The van der Waals surface area contributed by atoms with Crippen LogP contribution in [0.25, 0.3) is 10.8 Å². The zero-order valence-electron chi connectivity index (χ0n) is 11.7. The normalized spacial score (nSPS) is 10.6. The molecule has 108 valence electrons. The zero-order valence-corrected chi connectivity index (χ0v) is 12.5. The predicted octanol–water partition coefficient (Wildman–Crippen LogP) is 3.41. The highest BCUT2D eigenvalue weighted by Gasteiger charge is 2.11. The summed E-state index contributed by atoms with van der Waals surface area (Å²) in [6.45, 7) is 0. The number of hydrogen-bond donors (Lipinski definition) is 0. The van der Waals surface area contributed by atoms with Gasteiger partial charge in [-0.2, -0.15) is 4.98 Å². The molecule has 5 nitrogen and oxygen atoms in total. The average Bonchev–Trinajstić information content (AvgIpc) is 3.17. The molecule has 6 heteroatoms. The van der Waals surface area contributed by atoms with E-state index in [-0.39, 0.29) is 0 Å². The van der Waals surface area contributed by atoms with Crippen LogP contribution in [0.15, 0.2) is 40.2 Å². The largest absolute Gasteiger partial charge is 0.493 e. The maximum atomic E-state index is 5.29. The van der Waals surface area contributed by atoms with Crippen LogP contribution < -0.4 is 9.47 Å². The summed E-state index contributed by atoms with van der Waals surface area (Å²) in [6.07, 6.45) is 0.579. The molecule has 0 fully saturated rings. The number of rotatable bonds is 5. The Kier molecular flexibility index (Phi) is 3.87. The molecule has 2 aromatic heterocycles. The molecule has 21 heavy (non-hydrogen) atoms. The second kappa shape index (κ2) is 5.97. The molecule has 2 heterocycles. The molecule has 0 N–H and O–H groups in total. The van der Waals surface area contributed by atoms with Gasteiger partial charge in [0.1, 0.15) is 0 Å². The summed E-state index contributed by atoms with van der Waals surface area (Å²) in [5.74, 6) is 2.59. The molecular formula is C15H14N2O3S. The van der Waals surface area contributed by atoms with E-state index in [0.29, 0.717) is 29.6 Å². The first-order valence-corrected chi connectivity index (χ1v) is 7.25. The summed E-state index contributed by atoms with van der Waals surface area (Å²) in [5.41, 5.74) is 1.03. The Hall–Kier alpha value is -2.34. The van der Waals surface area contributed by atoms with Gasteiger partial charge < -0.3 is 14.0 Å². The van der Waals surface area contributed by atoms with Gasteiger partial charge in [0.05, 0.1) is 19.1 Å². The Labute approximate surface area is 126 Å². The molecule has 0 atom stereocenters. The number of benzene rings is 1. The van der Waals surface area contributed by atoms with Gasteiger partial charge in [-0.3, -0.25) is 0 Å². The fraction of sp³-hybridized carbons (Fsp3) is 0.200. The van der Waals surface area contributed by atoms with Crippen molar-refractivity contribution in [3.63, 3.8) is 0 Å². The Morgan fingerprint density at radius 1 is 1.14 bits per heavy atom. The van der Waals surface area contributed by atoms with Gasteiger partial charge in [0, 0.05) is 6.42 Å². The summed E-state index contributed by atoms with van der Waals surface area (Å²) in [5, 5.41) is 5.99. The Morgan fingerprint density at radius 3 is 2.71 bits per heavy atom. The maximum Gasteiger partial charge on any atom is 0.267 e. The van der Waals surface area contributed by atoms with Crippen LogP contribution in [0.3, 0.4) is 0 Å². The third kappa shape index (κ3) is 2.90. The van der Waals surface area contributed by atoms with E-state index in [0.717, 1.165) is 10.4 Å². The summed E-state index contributed by atoms with van der Waals surface area (Å²) in [4.78, 5) is 5.38. The molecule has 0 unspecified atom stereocenters. The van der Waals surface area contributed by atoms with Gasteiger partial charge in [-0.15, -0.1) is 11.3 Å². The van der Waals surface area contributed by atoms with E-state index in [1.807, 2.05) is 35.7 Å². The number of nitrogens with zero attached hydrogens (tertiary/aromatic N) is 2. The Bertz CT molecular complexity index is 722. The molecule has 3 rings (SSSR count). The summed E-state index contributed by atoms with van der Waals surface area (Å²) < 4.78 is 15.8. The van der Waals surface area contributed by atoms with Crippen molar-refractivity contribution in [1.29, 1.82) is 0 Å². The molecule has 0 aliphatic carbocycles. The Morgan fingerprint density at radius 2 is 2.00 bits per heavy atom. The van der Waals surface area contributed by atoms with Crippen LogP contribution >= 0.6 is 11.3 Å². The Balaban J connectivity index is 1.81. The zero-order chi connectivity index (χ0) is 14.7. The van der Waals surface area contributed by atoms with Crippen LogP contribution in [-0.4, -0.2) is 24.4 Å². The van der Waals surface area contributed by atoms with Crippen LogP contribution in [0.1, 0.15) is 11.4 Å². The van der Waals surface area contributed by atoms with Crippen molar-refractivity contribution < 1.29 is 14.0 Å². The maximum absolute atomic E-state index is 5.29. The van der Waals surface area contributed by atoms with Crippen LogP contribution in [0.4, 0.5) is 0 Å². The molecule has 0 saturated heterocycles. The minimum absolute atomic E-state index is 0.556. The lowest BCUT2D eigenvalue weighted by atomic mass is 10.1. The second-order valence-electron chi connectivity index (χ2n) is 4.36. The molecule has 0 saturated carbocycles. The molecule has 0 aliphatic heterocycles. The standard InChI is InChI=1S/C15H14N2O3S/c1-18-11-6-5-10(8-12(11)19-2)9-14-16-15(20-17-14)13-4-3-7-21-13/h3-8H,9H2,1-2H3. The van der Waals surface area contributed by atoms with Crippen molar-refractivity contribution in [3.8, 4) is 22.3 Å². The van der Waals surface area contributed by atoms with Gasteiger partial charge in [0.15, 0.2) is 17.3 Å². The lowest BCUT2D eigenvalue weighted by Crippen LogP contribution is -1.95. The number of aromatic nitrogens is 2. The number of ether oxygens (including phenoxy) is 2. The van der Waals surface area contributed by atoms with Crippen LogP contribution in [0.5, 0.6) is 11.5 Å². The van der Waals surface area contributed by atoms with Crippen molar-refractivity contribution in [3.05, 3.63) is 47.1 Å². The van der Waals surface area contributed by atoms with Crippen LogP contribution in [0, 0.1) is 0 Å². The lowest BCUT2D eigenvalue weighted by Gasteiger charge is -2.08. The summed E-state index contributed by atoms with van der Waals surface area (Å²) in [7, 11) is 3.23. The van der Waals surface area contributed by atoms with E-state index in [9.17, 15) is 0 Å². The summed E-state index contributed by atoms with van der Waals surface area (Å²) in [6, 6.07) is 9.66. The topological polar surface area (TPSA) is 57.4 Å². The van der Waals surface area contributed by atoms with Crippen molar-refractivity contribution in [1.82, 2.24) is 10.1 Å². The van der Waals surface area contributed by atoms with Gasteiger partial charge in [0.2, 0.25) is 0 Å². The van der Waals surface area contributed by atoms with E-state index < -0.39 is 0 Å². The monoisotopic (exact) mass is 302 g/mol. The molecule has 3 aromatic rings. The molecule has 0 spiro atoms. The minimum atomic E-state index is 0.556. The fourth-order valence-corrected chi connectivity index (χ4v) is 2.64. The van der Waals surface area contributed by atoms with Crippen molar-refractivity contribution in [2.24, 2.45) is 0 Å². The van der Waals surface area contributed by atoms with Gasteiger partial charge >= 0.3 is 0 Å². The molecule has 1 aromatic carbocycles. The van der Waals surface area contributed by atoms with Crippen molar-refractivity contribution >= 4 is 11.3 Å². The van der Waals surface area contributed by atoms with Crippen LogP contribution in [0.2, 0.25) is 0 Å². The summed E-state index contributed by atoms with van der Waals surface area (Å²) >= 11 is 1.57. The smallest absolute Gasteiger partial charge is 0.267 e. The SMILES string of the molecule is COc1ccc(Cc2noc(-c3cccs3)n2)cc1OC. The highest BCUT2D eigenvalue weighted by Crippen LogP contribution is 2.28. The van der Waals surface area contributed by atoms with Gasteiger partial charge in [-0.25, -0.2) is 0 Å². The third-order valence-electron chi connectivity index (χ3n) is 3.01. The van der Waals surface area contributed by atoms with Gasteiger partial charge in [-0.05, 0) is 29.1 Å². The minimum Gasteiger partial charge on any atom is -0.493 e. The molecule has 0 amide bonds. The highest BCUT2D eigenvalue weighted by atomic mass is 32.1. The first-order chi connectivity index (χ1) is 10.3. The lowest BCUT2D eigenvalue weighted by molar-refractivity contribution is 0.354. The fourth-order valence-electron chi connectivity index (χ4n) is 2.00. The molecular weight excluding hydrogens is 288 g/mol. The molecule has 0 bridgehead atoms.